The molecule has 1 aromatic heterocycles. The summed E-state index contributed by atoms with van der Waals surface area (Å²) in [7, 11) is 1.62. The molecule has 1 atom stereocenters. The first-order chi connectivity index (χ1) is 16.4. The van der Waals surface area contributed by atoms with Crippen LogP contribution in [0, 0.1) is 6.92 Å². The Kier molecular flexibility index (Phi) is 8.82. The SMILES string of the molecule is CCCNC(=O)N(Cc1c(C)nn(-c2cccc(Cl)c2)c1Oc1ccc(OC)cc1)[C@H](C)CC. The number of halogens is 1. The molecule has 34 heavy (non-hydrogen) atoms. The third kappa shape index (κ3) is 6.03. The number of urea groups is 1. The van der Waals surface area contributed by atoms with Crippen LogP contribution in [0.2, 0.25) is 5.02 Å². The first-order valence-electron chi connectivity index (χ1n) is 11.6. The van der Waals surface area contributed by atoms with E-state index in [1.165, 1.54) is 0 Å². The molecular formula is C26H33ClN4O3. The van der Waals surface area contributed by atoms with Crippen molar-refractivity contribution < 1.29 is 14.3 Å². The van der Waals surface area contributed by atoms with Crippen molar-refractivity contribution in [3.8, 4) is 23.1 Å². The number of nitrogens with one attached hydrogen (secondary N) is 1. The van der Waals surface area contributed by atoms with Crippen LogP contribution in [0.5, 0.6) is 17.4 Å². The van der Waals surface area contributed by atoms with Gasteiger partial charge in [-0.1, -0.05) is 31.5 Å². The van der Waals surface area contributed by atoms with Crippen molar-refractivity contribution in [1.29, 1.82) is 0 Å². The minimum atomic E-state index is -0.0958. The van der Waals surface area contributed by atoms with E-state index in [-0.39, 0.29) is 12.1 Å². The van der Waals surface area contributed by atoms with Gasteiger partial charge in [0.05, 0.1) is 30.6 Å². The lowest BCUT2D eigenvalue weighted by Gasteiger charge is -2.29. The zero-order chi connectivity index (χ0) is 24.7. The molecule has 0 bridgehead atoms. The van der Waals surface area contributed by atoms with Crippen LogP contribution in [0.15, 0.2) is 48.5 Å². The van der Waals surface area contributed by atoms with Crippen molar-refractivity contribution in [2.45, 2.75) is 53.1 Å². The first-order valence-corrected chi connectivity index (χ1v) is 12.0. The smallest absolute Gasteiger partial charge is 0.317 e. The zero-order valence-corrected chi connectivity index (χ0v) is 21.2. The summed E-state index contributed by atoms with van der Waals surface area (Å²) in [5.74, 6) is 1.92. The number of rotatable bonds is 10. The fourth-order valence-electron chi connectivity index (χ4n) is 3.52. The maximum Gasteiger partial charge on any atom is 0.317 e. The summed E-state index contributed by atoms with van der Waals surface area (Å²) in [6.07, 6.45) is 1.70. The molecule has 8 heteroatoms. The molecule has 0 unspecified atom stereocenters. The van der Waals surface area contributed by atoms with E-state index in [4.69, 9.17) is 26.2 Å². The van der Waals surface area contributed by atoms with E-state index < -0.39 is 0 Å². The van der Waals surface area contributed by atoms with E-state index in [1.807, 2.05) is 74.2 Å². The molecule has 7 nitrogen and oxygen atoms in total. The van der Waals surface area contributed by atoms with Gasteiger partial charge in [0.2, 0.25) is 5.88 Å². The van der Waals surface area contributed by atoms with Crippen LogP contribution in [0.1, 0.15) is 44.9 Å². The first kappa shape index (κ1) is 25.4. The van der Waals surface area contributed by atoms with Crippen LogP contribution >= 0.6 is 11.6 Å². The molecule has 0 aliphatic carbocycles. The van der Waals surface area contributed by atoms with E-state index >= 15 is 0 Å². The molecule has 2 amide bonds. The second-order valence-electron chi connectivity index (χ2n) is 8.16. The number of amides is 2. The Hall–Kier alpha value is -3.19. The van der Waals surface area contributed by atoms with Gasteiger partial charge in [-0.25, -0.2) is 9.48 Å². The normalized spacial score (nSPS) is 11.7. The van der Waals surface area contributed by atoms with E-state index in [0.29, 0.717) is 29.7 Å². The maximum absolute atomic E-state index is 13.0. The molecule has 0 fully saturated rings. The van der Waals surface area contributed by atoms with E-state index in [2.05, 4.69) is 12.2 Å². The highest BCUT2D eigenvalue weighted by Crippen LogP contribution is 2.33. The lowest BCUT2D eigenvalue weighted by molar-refractivity contribution is 0.172. The molecule has 0 radical (unpaired) electrons. The number of aromatic nitrogens is 2. The van der Waals surface area contributed by atoms with Crippen molar-refractivity contribution in [2.75, 3.05) is 13.7 Å². The number of ether oxygens (including phenoxy) is 2. The lowest BCUT2D eigenvalue weighted by atomic mass is 10.1. The highest BCUT2D eigenvalue weighted by molar-refractivity contribution is 6.30. The second-order valence-corrected chi connectivity index (χ2v) is 8.59. The summed E-state index contributed by atoms with van der Waals surface area (Å²) >= 11 is 6.27. The number of carbonyl (C=O) groups is 1. The standard InChI is InChI=1S/C26H33ClN4O3/c1-6-15-28-26(32)30(18(3)7-2)17-24-19(4)29-31(21-10-8-9-20(27)16-21)25(24)34-23-13-11-22(33-5)12-14-23/h8-14,16,18H,6-7,15,17H2,1-5H3,(H,28,32)/t18-/m1/s1. The summed E-state index contributed by atoms with van der Waals surface area (Å²) in [4.78, 5) is 14.8. The van der Waals surface area contributed by atoms with Crippen LogP contribution in [-0.2, 0) is 6.54 Å². The van der Waals surface area contributed by atoms with E-state index in [1.54, 1.807) is 11.8 Å². The van der Waals surface area contributed by atoms with Crippen molar-refractivity contribution in [2.24, 2.45) is 0 Å². The Morgan fingerprint density at radius 3 is 2.50 bits per heavy atom. The molecule has 2 aromatic carbocycles. The summed E-state index contributed by atoms with van der Waals surface area (Å²) in [5.41, 5.74) is 2.39. The number of nitrogens with zero attached hydrogens (tertiary/aromatic N) is 3. The summed E-state index contributed by atoms with van der Waals surface area (Å²) < 4.78 is 13.4. The third-order valence-corrected chi connectivity index (χ3v) is 5.94. The maximum atomic E-state index is 13.0. The molecule has 0 aliphatic heterocycles. The predicted molar refractivity (Wildman–Crippen MR) is 135 cm³/mol. The van der Waals surface area contributed by atoms with Gasteiger partial charge in [-0.3, -0.25) is 0 Å². The Morgan fingerprint density at radius 1 is 1.18 bits per heavy atom. The number of aryl methyl sites for hydroxylation is 1. The highest BCUT2D eigenvalue weighted by Gasteiger charge is 2.26. The van der Waals surface area contributed by atoms with Crippen LogP contribution < -0.4 is 14.8 Å². The van der Waals surface area contributed by atoms with Gasteiger partial charge in [0, 0.05) is 17.6 Å². The number of methoxy groups -OCH3 is 1. The van der Waals surface area contributed by atoms with Crippen LogP contribution in [-0.4, -0.2) is 40.4 Å². The molecule has 0 spiro atoms. The Balaban J connectivity index is 2.06. The highest BCUT2D eigenvalue weighted by atomic mass is 35.5. The van der Waals surface area contributed by atoms with Crippen LogP contribution in [0.25, 0.3) is 5.69 Å². The van der Waals surface area contributed by atoms with Crippen LogP contribution in [0.4, 0.5) is 4.79 Å². The topological polar surface area (TPSA) is 68.6 Å². The Morgan fingerprint density at radius 2 is 1.88 bits per heavy atom. The zero-order valence-electron chi connectivity index (χ0n) is 20.5. The number of benzene rings is 2. The van der Waals surface area contributed by atoms with Gasteiger partial charge >= 0.3 is 6.03 Å². The monoisotopic (exact) mass is 484 g/mol. The van der Waals surface area contributed by atoms with Gasteiger partial charge in [0.1, 0.15) is 11.5 Å². The summed E-state index contributed by atoms with van der Waals surface area (Å²) in [6, 6.07) is 14.7. The third-order valence-electron chi connectivity index (χ3n) is 5.70. The lowest BCUT2D eigenvalue weighted by Crippen LogP contribution is -2.44. The minimum absolute atomic E-state index is 0.0413. The molecule has 3 rings (SSSR count). The van der Waals surface area contributed by atoms with Crippen LogP contribution in [0.3, 0.4) is 0 Å². The number of hydrogen-bond donors (Lipinski definition) is 1. The van der Waals surface area contributed by atoms with Gasteiger partial charge in [-0.2, -0.15) is 5.10 Å². The quantitative estimate of drug-likeness (QED) is 0.363. The predicted octanol–water partition coefficient (Wildman–Crippen LogP) is 6.36. The molecule has 0 saturated heterocycles. The fourth-order valence-corrected chi connectivity index (χ4v) is 3.70. The Bertz CT molecular complexity index is 1100. The number of hydrogen-bond acceptors (Lipinski definition) is 4. The molecule has 1 N–H and O–H groups in total. The van der Waals surface area contributed by atoms with Crippen molar-refractivity contribution >= 4 is 17.6 Å². The summed E-state index contributed by atoms with van der Waals surface area (Å²) in [6.45, 7) is 9.07. The molecule has 0 saturated carbocycles. The van der Waals surface area contributed by atoms with Gasteiger partial charge in [-0.15, -0.1) is 0 Å². The average Bonchev–Trinajstić information content (AvgIpc) is 3.15. The molecule has 182 valence electrons. The largest absolute Gasteiger partial charge is 0.497 e. The van der Waals surface area contributed by atoms with Crippen molar-refractivity contribution in [3.63, 3.8) is 0 Å². The molecule has 3 aromatic rings. The average molecular weight is 485 g/mol. The van der Waals surface area contributed by atoms with Gasteiger partial charge in [-0.05, 0) is 69.2 Å². The molecule has 0 aliphatic rings. The number of carbonyl (C=O) groups excluding carboxylic acids is 1. The molecular weight excluding hydrogens is 452 g/mol. The fraction of sp³-hybridized carbons (Fsp3) is 0.385. The van der Waals surface area contributed by atoms with E-state index in [0.717, 1.165) is 35.5 Å². The van der Waals surface area contributed by atoms with Crippen molar-refractivity contribution in [1.82, 2.24) is 20.0 Å². The van der Waals surface area contributed by atoms with Gasteiger partial charge < -0.3 is 19.7 Å². The molecule has 1 heterocycles. The summed E-state index contributed by atoms with van der Waals surface area (Å²) in [5, 5.41) is 8.36. The van der Waals surface area contributed by atoms with Gasteiger partial charge in [0.15, 0.2) is 0 Å². The Labute approximate surface area is 206 Å². The van der Waals surface area contributed by atoms with Crippen molar-refractivity contribution in [3.05, 3.63) is 64.8 Å². The minimum Gasteiger partial charge on any atom is -0.497 e. The second kappa shape index (κ2) is 11.8. The van der Waals surface area contributed by atoms with Gasteiger partial charge in [0.25, 0.3) is 0 Å². The van der Waals surface area contributed by atoms with E-state index in [9.17, 15) is 4.79 Å².